The number of aryl methyl sites for hydroxylation is 1. The zero-order chi connectivity index (χ0) is 27.2. The van der Waals surface area contributed by atoms with Crippen LogP contribution in [0.5, 0.6) is 0 Å². The summed E-state index contributed by atoms with van der Waals surface area (Å²) in [7, 11) is -1.35. The Hall–Kier alpha value is -2.65. The zero-order valence-corrected chi connectivity index (χ0v) is 23.9. The van der Waals surface area contributed by atoms with Gasteiger partial charge < -0.3 is 9.64 Å². The average Bonchev–Trinajstić information content (AvgIpc) is 3.45. The highest BCUT2D eigenvalue weighted by Gasteiger charge is 2.55. The van der Waals surface area contributed by atoms with Gasteiger partial charge in [-0.3, -0.25) is 0 Å². The van der Waals surface area contributed by atoms with Crippen molar-refractivity contribution in [3.05, 3.63) is 95.6 Å². The zero-order valence-electron chi connectivity index (χ0n) is 22.3. The smallest absolute Gasteiger partial charge is 0.333 e. The van der Waals surface area contributed by atoms with Crippen LogP contribution >= 0.6 is 11.8 Å². The van der Waals surface area contributed by atoms with Crippen LogP contribution in [-0.4, -0.2) is 57.4 Å². The predicted molar refractivity (Wildman–Crippen MR) is 153 cm³/mol. The first-order valence-electron chi connectivity index (χ1n) is 12.9. The van der Waals surface area contributed by atoms with Crippen molar-refractivity contribution in [1.29, 1.82) is 0 Å². The Balaban J connectivity index is 1.59. The topological polar surface area (TPSA) is 66.9 Å². The molecule has 1 saturated heterocycles. The Morgan fingerprint density at radius 1 is 0.947 bits per heavy atom. The van der Waals surface area contributed by atoms with Gasteiger partial charge in [-0.2, -0.15) is 4.31 Å². The molecule has 0 N–H and O–H groups in total. The summed E-state index contributed by atoms with van der Waals surface area (Å²) in [6.07, 6.45) is 2.30. The van der Waals surface area contributed by atoms with Crippen molar-refractivity contribution in [3.8, 4) is 0 Å². The van der Waals surface area contributed by atoms with Crippen LogP contribution in [0.3, 0.4) is 0 Å². The molecule has 4 rings (SSSR count). The minimum Gasteiger partial charge on any atom is -0.468 e. The maximum Gasteiger partial charge on any atom is 0.333 e. The molecule has 0 amide bonds. The van der Waals surface area contributed by atoms with Crippen LogP contribution in [0.15, 0.2) is 88.7 Å². The molecule has 0 spiro atoms. The lowest BCUT2D eigenvalue weighted by atomic mass is 9.94. The number of hydrogen-bond acceptors (Lipinski definition) is 6. The molecule has 6 nitrogen and oxygen atoms in total. The summed E-state index contributed by atoms with van der Waals surface area (Å²) in [5.74, 6) is -0.750. The predicted octanol–water partition coefficient (Wildman–Crippen LogP) is 5.46. The van der Waals surface area contributed by atoms with E-state index in [0.717, 1.165) is 41.3 Å². The minimum atomic E-state index is -4.15. The van der Waals surface area contributed by atoms with Crippen LogP contribution in [0.4, 0.5) is 0 Å². The normalized spacial score (nSPS) is 15.9. The monoisotopic (exact) mass is 552 g/mol. The molecule has 38 heavy (non-hydrogen) atoms. The van der Waals surface area contributed by atoms with Crippen molar-refractivity contribution >= 4 is 27.8 Å². The highest BCUT2D eigenvalue weighted by molar-refractivity contribution is 7.99. The van der Waals surface area contributed by atoms with E-state index >= 15 is 0 Å². The summed E-state index contributed by atoms with van der Waals surface area (Å²) >= 11 is 1.66. The van der Waals surface area contributed by atoms with Gasteiger partial charge in [-0.15, -0.1) is 0 Å². The molecule has 202 valence electrons. The van der Waals surface area contributed by atoms with E-state index in [1.54, 1.807) is 43.1 Å². The number of sulfonamides is 1. The number of carbonyl (C=O) groups excluding carboxylic acids is 1. The highest BCUT2D eigenvalue weighted by Crippen LogP contribution is 2.39. The molecule has 0 radical (unpaired) electrons. The molecule has 1 atom stereocenters. The van der Waals surface area contributed by atoms with Gasteiger partial charge in [0.15, 0.2) is 0 Å². The summed E-state index contributed by atoms with van der Waals surface area (Å²) in [5, 5.41) is 0. The van der Waals surface area contributed by atoms with Gasteiger partial charge in [0.2, 0.25) is 14.8 Å². The maximum absolute atomic E-state index is 14.3. The van der Waals surface area contributed by atoms with E-state index in [2.05, 4.69) is 36.1 Å². The first kappa shape index (κ1) is 28.4. The number of likely N-dealkylation sites (tertiary alicyclic amines) is 1. The van der Waals surface area contributed by atoms with Crippen LogP contribution in [0.2, 0.25) is 0 Å². The van der Waals surface area contributed by atoms with Crippen molar-refractivity contribution in [3.63, 3.8) is 0 Å². The third-order valence-electron chi connectivity index (χ3n) is 7.17. The summed E-state index contributed by atoms with van der Waals surface area (Å²) in [5.41, 5.74) is 2.49. The third-order valence-corrected chi connectivity index (χ3v) is 10.6. The van der Waals surface area contributed by atoms with Crippen molar-refractivity contribution in [2.75, 3.05) is 33.8 Å². The molecule has 0 bridgehead atoms. The lowest BCUT2D eigenvalue weighted by molar-refractivity contribution is -0.144. The van der Waals surface area contributed by atoms with Gasteiger partial charge in [0.05, 0.1) is 7.11 Å². The Morgan fingerprint density at radius 2 is 1.53 bits per heavy atom. The van der Waals surface area contributed by atoms with Crippen LogP contribution in [0.25, 0.3) is 0 Å². The first-order valence-corrected chi connectivity index (χ1v) is 15.2. The van der Waals surface area contributed by atoms with Crippen LogP contribution in [0.1, 0.15) is 36.0 Å². The molecule has 1 aliphatic heterocycles. The fourth-order valence-electron chi connectivity index (χ4n) is 4.95. The van der Waals surface area contributed by atoms with E-state index in [-0.39, 0.29) is 13.0 Å². The van der Waals surface area contributed by atoms with Gasteiger partial charge in [0, 0.05) is 29.9 Å². The van der Waals surface area contributed by atoms with Gasteiger partial charge in [-0.05, 0) is 74.7 Å². The minimum absolute atomic E-state index is 0.127. The Labute approximate surface area is 231 Å². The summed E-state index contributed by atoms with van der Waals surface area (Å²) in [6.45, 7) is 4.53. The lowest BCUT2D eigenvalue weighted by Gasteiger charge is -2.35. The summed E-state index contributed by atoms with van der Waals surface area (Å²) < 4.78 is 33.3. The van der Waals surface area contributed by atoms with Gasteiger partial charge in [-0.1, -0.05) is 71.9 Å². The summed E-state index contributed by atoms with van der Waals surface area (Å²) in [6, 6.07) is 25.0. The molecule has 1 aliphatic rings. The van der Waals surface area contributed by atoms with Gasteiger partial charge in [-0.25, -0.2) is 13.2 Å². The van der Waals surface area contributed by atoms with Gasteiger partial charge in [0.1, 0.15) is 0 Å². The third kappa shape index (κ3) is 6.15. The first-order chi connectivity index (χ1) is 18.3. The van der Waals surface area contributed by atoms with E-state index in [4.69, 9.17) is 4.74 Å². The van der Waals surface area contributed by atoms with Crippen LogP contribution in [0, 0.1) is 6.92 Å². The summed E-state index contributed by atoms with van der Waals surface area (Å²) in [4.78, 5) is 17.9. The average molecular weight is 553 g/mol. The molecule has 3 aromatic carbocycles. The van der Waals surface area contributed by atoms with E-state index in [9.17, 15) is 13.2 Å². The molecule has 3 aromatic rings. The molecule has 1 heterocycles. The molecule has 0 aromatic heterocycles. The van der Waals surface area contributed by atoms with Crippen LogP contribution < -0.4 is 0 Å². The number of benzene rings is 3. The van der Waals surface area contributed by atoms with E-state index in [1.165, 1.54) is 17.0 Å². The second-order valence-electron chi connectivity index (χ2n) is 9.80. The number of carbonyl (C=O) groups is 1. The van der Waals surface area contributed by atoms with Crippen molar-refractivity contribution in [2.24, 2.45) is 0 Å². The second kappa shape index (κ2) is 12.5. The Morgan fingerprint density at radius 3 is 2.11 bits per heavy atom. The molecular formula is C30H36N2O4S2. The van der Waals surface area contributed by atoms with Crippen molar-refractivity contribution in [2.45, 2.75) is 47.3 Å². The van der Waals surface area contributed by atoms with E-state index in [1.807, 2.05) is 30.3 Å². The van der Waals surface area contributed by atoms with E-state index < -0.39 is 20.7 Å². The highest BCUT2D eigenvalue weighted by atomic mass is 32.2. The lowest BCUT2D eigenvalue weighted by Crippen LogP contribution is -2.52. The fourth-order valence-corrected chi connectivity index (χ4v) is 7.70. The van der Waals surface area contributed by atoms with Gasteiger partial charge >= 0.3 is 5.97 Å². The maximum atomic E-state index is 14.3. The largest absolute Gasteiger partial charge is 0.468 e. The standard InChI is InChI=1S/C30H36N2O4S2/c1-24-11-15-27(16-12-24)37-28-17-13-25(14-18-28)23-31(2)38(34,35)30(29(33)36-3,26-9-5-4-6-10-26)19-22-32-20-7-8-21-32/h4-6,9-18H,7-8,19-23H2,1-3H3. The molecule has 1 unspecified atom stereocenters. The SMILES string of the molecule is COC(=O)C(CCN1CCCC1)(c1ccccc1)S(=O)(=O)N(C)Cc1ccc(Sc2ccc(C)cc2)cc1. The van der Waals surface area contributed by atoms with Crippen molar-refractivity contribution < 1.29 is 17.9 Å². The quantitative estimate of drug-likeness (QED) is 0.294. The number of ether oxygens (including phenoxy) is 1. The van der Waals surface area contributed by atoms with Crippen LogP contribution in [-0.2, 0) is 30.8 Å². The van der Waals surface area contributed by atoms with Gasteiger partial charge in [0.25, 0.3) is 0 Å². The Bertz CT molecular complexity index is 1310. The number of hydrogen-bond donors (Lipinski definition) is 0. The number of rotatable bonds is 11. The molecule has 8 heteroatoms. The molecule has 1 fully saturated rings. The second-order valence-corrected chi connectivity index (χ2v) is 13.2. The van der Waals surface area contributed by atoms with E-state index in [0.29, 0.717) is 12.1 Å². The fraction of sp³-hybridized carbons (Fsp3) is 0.367. The van der Waals surface area contributed by atoms with Crippen molar-refractivity contribution in [1.82, 2.24) is 9.21 Å². The number of esters is 1. The molecule has 0 saturated carbocycles. The molecular weight excluding hydrogens is 516 g/mol. The number of nitrogens with zero attached hydrogens (tertiary/aromatic N) is 2. The molecule has 0 aliphatic carbocycles. The number of methoxy groups -OCH3 is 1. The Kier molecular flexibility index (Phi) is 9.31.